The van der Waals surface area contributed by atoms with Gasteiger partial charge in [-0.15, -0.1) is 0 Å². The van der Waals surface area contributed by atoms with E-state index in [-0.39, 0.29) is 16.0 Å². The number of nitrogens with zero attached hydrogens (tertiary/aromatic N) is 1. The smallest absolute Gasteiger partial charge is 0.323 e. The Balaban J connectivity index is 2.21. The molecule has 2 N–H and O–H groups in total. The molecular formula is C18H17FN2O4S. The van der Waals surface area contributed by atoms with Crippen molar-refractivity contribution in [1.82, 2.24) is 4.57 Å². The summed E-state index contributed by atoms with van der Waals surface area (Å²) >= 11 is 0. The van der Waals surface area contributed by atoms with Crippen LogP contribution in [0.2, 0.25) is 0 Å². The van der Waals surface area contributed by atoms with E-state index in [0.29, 0.717) is 11.2 Å². The van der Waals surface area contributed by atoms with Crippen molar-refractivity contribution < 1.29 is 22.7 Å². The van der Waals surface area contributed by atoms with Crippen molar-refractivity contribution in [2.24, 2.45) is 0 Å². The van der Waals surface area contributed by atoms with Gasteiger partial charge in [0.2, 0.25) is 0 Å². The minimum atomic E-state index is -4.05. The number of rotatable bonds is 5. The molecule has 0 unspecified atom stereocenters. The summed E-state index contributed by atoms with van der Waals surface area (Å²) in [5.74, 6) is -1.72. The van der Waals surface area contributed by atoms with Gasteiger partial charge in [-0.2, -0.15) is 0 Å². The number of hydrogen-bond acceptors (Lipinski definition) is 3. The molecule has 8 heteroatoms. The quantitative estimate of drug-likeness (QED) is 0.715. The van der Waals surface area contributed by atoms with Crippen LogP contribution in [0.1, 0.15) is 11.3 Å². The van der Waals surface area contributed by atoms with Gasteiger partial charge in [0.05, 0.1) is 5.52 Å². The van der Waals surface area contributed by atoms with Crippen molar-refractivity contribution in [3.8, 4) is 0 Å². The van der Waals surface area contributed by atoms with Gasteiger partial charge in [-0.3, -0.25) is 9.52 Å². The summed E-state index contributed by atoms with van der Waals surface area (Å²) < 4.78 is 43.5. The highest BCUT2D eigenvalue weighted by molar-refractivity contribution is 7.93. The average Bonchev–Trinajstić information content (AvgIpc) is 2.78. The predicted molar refractivity (Wildman–Crippen MR) is 96.3 cm³/mol. The first kappa shape index (κ1) is 17.9. The number of carboxylic acid groups (broad SMARTS) is 1. The number of sulfonamides is 1. The molecule has 136 valence electrons. The Kier molecular flexibility index (Phi) is 4.45. The number of carbonyl (C=O) groups is 1. The third kappa shape index (κ3) is 3.28. The van der Waals surface area contributed by atoms with E-state index in [1.54, 1.807) is 18.2 Å². The van der Waals surface area contributed by atoms with Crippen molar-refractivity contribution >= 4 is 32.6 Å². The summed E-state index contributed by atoms with van der Waals surface area (Å²) in [6.07, 6.45) is 0. The van der Waals surface area contributed by atoms with Crippen LogP contribution in [-0.2, 0) is 21.4 Å². The molecule has 0 aliphatic rings. The lowest BCUT2D eigenvalue weighted by Gasteiger charge is -2.10. The number of carboxylic acids is 1. The molecular weight excluding hydrogens is 359 g/mol. The number of fused-ring (bicyclic) bond motifs is 1. The average molecular weight is 376 g/mol. The fourth-order valence-corrected chi connectivity index (χ4v) is 4.51. The van der Waals surface area contributed by atoms with E-state index in [1.165, 1.54) is 23.6 Å². The molecule has 0 amide bonds. The van der Waals surface area contributed by atoms with Crippen LogP contribution in [0, 0.1) is 19.7 Å². The van der Waals surface area contributed by atoms with Crippen molar-refractivity contribution in [2.75, 3.05) is 4.72 Å². The number of aromatic nitrogens is 1. The van der Waals surface area contributed by atoms with Crippen LogP contribution < -0.4 is 4.72 Å². The molecule has 1 heterocycles. The number of benzene rings is 2. The van der Waals surface area contributed by atoms with E-state index in [0.717, 1.165) is 11.6 Å². The molecule has 0 bridgehead atoms. The molecule has 1 aromatic heterocycles. The zero-order valence-corrected chi connectivity index (χ0v) is 15.0. The molecule has 6 nitrogen and oxygen atoms in total. The summed E-state index contributed by atoms with van der Waals surface area (Å²) in [6, 6.07) is 10.5. The zero-order chi connectivity index (χ0) is 19.1. The van der Waals surface area contributed by atoms with Gasteiger partial charge in [0, 0.05) is 16.8 Å². The zero-order valence-electron chi connectivity index (χ0n) is 14.2. The lowest BCUT2D eigenvalue weighted by atomic mass is 10.2. The van der Waals surface area contributed by atoms with E-state index >= 15 is 0 Å². The topological polar surface area (TPSA) is 88.4 Å². The van der Waals surface area contributed by atoms with Crippen LogP contribution in [0.5, 0.6) is 0 Å². The second kappa shape index (κ2) is 6.45. The Morgan fingerprint density at radius 1 is 1.19 bits per heavy atom. The maximum Gasteiger partial charge on any atom is 0.323 e. The number of nitrogens with one attached hydrogen (secondary N) is 1. The monoisotopic (exact) mass is 376 g/mol. The molecule has 2 aromatic carbocycles. The van der Waals surface area contributed by atoms with Gasteiger partial charge in [-0.25, -0.2) is 12.8 Å². The van der Waals surface area contributed by atoms with Crippen LogP contribution in [0.4, 0.5) is 10.1 Å². The van der Waals surface area contributed by atoms with Crippen molar-refractivity contribution in [2.45, 2.75) is 25.3 Å². The standard InChI is InChI=1S/C18H17FN2O4S/c1-11-4-3-5-14(8-11)20-26(24,25)18-12(2)21(10-17(22)23)16-7-6-13(19)9-15(16)18/h3-9,20H,10H2,1-2H3,(H,22,23). The van der Waals surface area contributed by atoms with Crippen LogP contribution in [0.15, 0.2) is 47.4 Å². The molecule has 0 aliphatic carbocycles. The lowest BCUT2D eigenvalue weighted by Crippen LogP contribution is -2.15. The second-order valence-electron chi connectivity index (χ2n) is 6.03. The molecule has 0 fully saturated rings. The first-order chi connectivity index (χ1) is 12.2. The van der Waals surface area contributed by atoms with Gasteiger partial charge in [-0.05, 0) is 49.7 Å². The second-order valence-corrected chi connectivity index (χ2v) is 7.65. The van der Waals surface area contributed by atoms with Crippen LogP contribution in [0.25, 0.3) is 10.9 Å². The molecule has 0 spiro atoms. The van der Waals surface area contributed by atoms with Gasteiger partial charge in [0.1, 0.15) is 17.3 Å². The van der Waals surface area contributed by atoms with Crippen LogP contribution >= 0.6 is 0 Å². The summed E-state index contributed by atoms with van der Waals surface area (Å²) in [5.41, 5.74) is 1.82. The van der Waals surface area contributed by atoms with Crippen LogP contribution in [-0.4, -0.2) is 24.1 Å². The molecule has 3 aromatic rings. The van der Waals surface area contributed by atoms with E-state index < -0.39 is 28.4 Å². The number of hydrogen-bond donors (Lipinski definition) is 2. The summed E-state index contributed by atoms with van der Waals surface area (Å²) in [6.45, 7) is 2.91. The lowest BCUT2D eigenvalue weighted by molar-refractivity contribution is -0.137. The fourth-order valence-electron chi connectivity index (χ4n) is 3.02. The maximum absolute atomic E-state index is 13.7. The van der Waals surface area contributed by atoms with E-state index in [2.05, 4.69) is 4.72 Å². The number of anilines is 1. The van der Waals surface area contributed by atoms with E-state index in [1.807, 2.05) is 13.0 Å². The Bertz CT molecular complexity index is 1120. The molecule has 0 saturated heterocycles. The third-order valence-electron chi connectivity index (χ3n) is 4.06. The highest BCUT2D eigenvalue weighted by atomic mass is 32.2. The summed E-state index contributed by atoms with van der Waals surface area (Å²) in [7, 11) is -4.05. The molecule has 0 aliphatic heterocycles. The summed E-state index contributed by atoms with van der Waals surface area (Å²) in [5, 5.41) is 9.27. The first-order valence-corrected chi connectivity index (χ1v) is 9.27. The fraction of sp³-hybridized carbons (Fsp3) is 0.167. The Hall–Kier alpha value is -2.87. The Morgan fingerprint density at radius 3 is 2.58 bits per heavy atom. The maximum atomic E-state index is 13.7. The third-order valence-corrected chi connectivity index (χ3v) is 5.62. The van der Waals surface area contributed by atoms with Gasteiger partial charge < -0.3 is 9.67 Å². The predicted octanol–water partition coefficient (Wildman–Crippen LogP) is 3.28. The van der Waals surface area contributed by atoms with Gasteiger partial charge in [-0.1, -0.05) is 12.1 Å². The molecule has 0 radical (unpaired) electrons. The van der Waals surface area contributed by atoms with Crippen molar-refractivity contribution in [3.63, 3.8) is 0 Å². The van der Waals surface area contributed by atoms with Gasteiger partial charge in [0.25, 0.3) is 10.0 Å². The minimum absolute atomic E-state index is 0.130. The SMILES string of the molecule is Cc1cccc(NS(=O)(=O)c2c(C)n(CC(=O)O)c3ccc(F)cc23)c1. The number of halogens is 1. The van der Waals surface area contributed by atoms with Gasteiger partial charge >= 0.3 is 5.97 Å². The highest BCUT2D eigenvalue weighted by Gasteiger charge is 2.26. The van der Waals surface area contributed by atoms with Crippen molar-refractivity contribution in [3.05, 3.63) is 59.5 Å². The Labute approximate surface area is 149 Å². The van der Waals surface area contributed by atoms with Gasteiger partial charge in [0.15, 0.2) is 0 Å². The number of aliphatic carboxylic acids is 1. The van der Waals surface area contributed by atoms with Crippen LogP contribution in [0.3, 0.4) is 0 Å². The molecule has 0 atom stereocenters. The largest absolute Gasteiger partial charge is 0.480 e. The van der Waals surface area contributed by atoms with E-state index in [4.69, 9.17) is 5.11 Å². The van der Waals surface area contributed by atoms with E-state index in [9.17, 15) is 17.6 Å². The minimum Gasteiger partial charge on any atom is -0.480 e. The first-order valence-electron chi connectivity index (χ1n) is 7.78. The molecule has 0 saturated carbocycles. The highest BCUT2D eigenvalue weighted by Crippen LogP contribution is 2.32. The summed E-state index contributed by atoms with van der Waals surface area (Å²) in [4.78, 5) is 11.0. The number of aryl methyl sites for hydroxylation is 1. The normalized spacial score (nSPS) is 11.7. The molecule has 3 rings (SSSR count). The molecule has 26 heavy (non-hydrogen) atoms. The Morgan fingerprint density at radius 2 is 1.92 bits per heavy atom. The van der Waals surface area contributed by atoms with Crippen molar-refractivity contribution in [1.29, 1.82) is 0 Å².